The number of hydrogen-bond acceptors (Lipinski definition) is 6. The average molecular weight is 299 g/mol. The van der Waals surface area contributed by atoms with Gasteiger partial charge in [0, 0.05) is 30.0 Å². The Bertz CT molecular complexity index is 872. The zero-order valence-corrected chi connectivity index (χ0v) is 11.0. The molecule has 2 aromatic carbocycles. The van der Waals surface area contributed by atoms with Crippen LogP contribution in [0, 0.1) is 20.2 Å². The summed E-state index contributed by atoms with van der Waals surface area (Å²) in [4.78, 5) is 27.5. The number of anilines is 2. The van der Waals surface area contributed by atoms with Crippen molar-refractivity contribution in [2.45, 2.75) is 0 Å². The van der Waals surface area contributed by atoms with Crippen molar-refractivity contribution in [2.24, 2.45) is 0 Å². The van der Waals surface area contributed by atoms with Gasteiger partial charge in [0.2, 0.25) is 5.95 Å². The standard InChI is InChI=1S/C13H9N5O4/c19-17(20)9-3-1-8(2-4-9)14-13-15-11-6-5-10(18(21)22)7-12(11)16-13/h1-7H,(H2,14,15,16). The Balaban J connectivity index is 1.87. The number of rotatable bonds is 4. The van der Waals surface area contributed by atoms with Gasteiger partial charge in [-0.05, 0) is 18.2 Å². The molecule has 0 saturated heterocycles. The molecule has 22 heavy (non-hydrogen) atoms. The zero-order valence-electron chi connectivity index (χ0n) is 11.0. The van der Waals surface area contributed by atoms with Crippen molar-refractivity contribution in [1.82, 2.24) is 9.97 Å². The number of nitro groups is 2. The molecular formula is C13H9N5O4. The van der Waals surface area contributed by atoms with E-state index in [0.717, 1.165) is 0 Å². The van der Waals surface area contributed by atoms with E-state index in [2.05, 4.69) is 15.3 Å². The highest BCUT2D eigenvalue weighted by molar-refractivity contribution is 5.80. The second-order valence-corrected chi connectivity index (χ2v) is 4.47. The largest absolute Gasteiger partial charge is 0.326 e. The minimum absolute atomic E-state index is 0.00854. The first-order chi connectivity index (χ1) is 10.5. The van der Waals surface area contributed by atoms with Crippen molar-refractivity contribution in [3.05, 3.63) is 62.7 Å². The molecule has 3 rings (SSSR count). The Kier molecular flexibility index (Phi) is 3.14. The summed E-state index contributed by atoms with van der Waals surface area (Å²) in [6.45, 7) is 0. The number of H-pyrrole nitrogens is 1. The number of nitro benzene ring substituents is 2. The Morgan fingerprint density at radius 2 is 1.59 bits per heavy atom. The Hall–Kier alpha value is -3.49. The van der Waals surface area contributed by atoms with Gasteiger partial charge in [0.25, 0.3) is 11.4 Å². The molecule has 0 radical (unpaired) electrons. The predicted molar refractivity (Wildman–Crippen MR) is 79.1 cm³/mol. The lowest BCUT2D eigenvalue weighted by Crippen LogP contribution is -1.93. The third kappa shape index (κ3) is 2.54. The first-order valence-electron chi connectivity index (χ1n) is 6.18. The average Bonchev–Trinajstić information content (AvgIpc) is 2.88. The molecule has 3 aromatic rings. The number of aromatic amines is 1. The molecule has 0 aliphatic rings. The van der Waals surface area contributed by atoms with Crippen molar-refractivity contribution in [3.8, 4) is 0 Å². The summed E-state index contributed by atoms with van der Waals surface area (Å²) in [6.07, 6.45) is 0. The van der Waals surface area contributed by atoms with E-state index in [4.69, 9.17) is 0 Å². The maximum Gasteiger partial charge on any atom is 0.271 e. The highest BCUT2D eigenvalue weighted by Gasteiger charge is 2.10. The summed E-state index contributed by atoms with van der Waals surface area (Å²) >= 11 is 0. The van der Waals surface area contributed by atoms with E-state index in [1.165, 1.54) is 24.3 Å². The smallest absolute Gasteiger partial charge is 0.271 e. The summed E-state index contributed by atoms with van der Waals surface area (Å²) < 4.78 is 0. The first kappa shape index (κ1) is 13.5. The van der Waals surface area contributed by atoms with E-state index >= 15 is 0 Å². The molecule has 0 fully saturated rings. The SMILES string of the molecule is O=[N+]([O-])c1ccc(Nc2nc3ccc([N+](=O)[O-])cc3[nH]2)cc1. The molecule has 9 nitrogen and oxygen atoms in total. The van der Waals surface area contributed by atoms with Crippen LogP contribution in [0.25, 0.3) is 11.0 Å². The van der Waals surface area contributed by atoms with Crippen LogP contribution in [0.1, 0.15) is 0 Å². The van der Waals surface area contributed by atoms with E-state index in [0.29, 0.717) is 22.7 Å². The molecule has 0 aliphatic carbocycles. The number of nitrogens with one attached hydrogen (secondary N) is 2. The van der Waals surface area contributed by atoms with Gasteiger partial charge in [-0.3, -0.25) is 20.2 Å². The third-order valence-corrected chi connectivity index (χ3v) is 3.02. The number of hydrogen-bond donors (Lipinski definition) is 2. The molecule has 0 atom stereocenters. The summed E-state index contributed by atoms with van der Waals surface area (Å²) in [6, 6.07) is 10.2. The Morgan fingerprint density at radius 3 is 2.23 bits per heavy atom. The monoisotopic (exact) mass is 299 g/mol. The topological polar surface area (TPSA) is 127 Å². The lowest BCUT2D eigenvalue weighted by molar-refractivity contribution is -0.385. The number of non-ortho nitro benzene ring substituents is 2. The highest BCUT2D eigenvalue weighted by atomic mass is 16.6. The minimum Gasteiger partial charge on any atom is -0.326 e. The summed E-state index contributed by atoms with van der Waals surface area (Å²) in [7, 11) is 0. The van der Waals surface area contributed by atoms with Gasteiger partial charge in [0.15, 0.2) is 0 Å². The fraction of sp³-hybridized carbons (Fsp3) is 0. The van der Waals surface area contributed by atoms with Crippen LogP contribution < -0.4 is 5.32 Å². The maximum absolute atomic E-state index is 10.7. The molecule has 1 heterocycles. The number of nitrogens with zero attached hydrogens (tertiary/aromatic N) is 3. The van der Waals surface area contributed by atoms with Gasteiger partial charge in [-0.15, -0.1) is 0 Å². The molecule has 0 saturated carbocycles. The number of imidazole rings is 1. The Morgan fingerprint density at radius 1 is 0.955 bits per heavy atom. The van der Waals surface area contributed by atoms with Gasteiger partial charge >= 0.3 is 0 Å². The second-order valence-electron chi connectivity index (χ2n) is 4.47. The lowest BCUT2D eigenvalue weighted by atomic mass is 10.3. The summed E-state index contributed by atoms with van der Waals surface area (Å²) in [5, 5.41) is 24.3. The van der Waals surface area contributed by atoms with Crippen LogP contribution in [0.5, 0.6) is 0 Å². The first-order valence-corrected chi connectivity index (χ1v) is 6.18. The number of fused-ring (bicyclic) bond motifs is 1. The van der Waals surface area contributed by atoms with E-state index in [1.807, 2.05) is 0 Å². The van der Waals surface area contributed by atoms with Crippen molar-refractivity contribution < 1.29 is 9.85 Å². The van der Waals surface area contributed by atoms with Gasteiger partial charge in [-0.2, -0.15) is 0 Å². The van der Waals surface area contributed by atoms with Gasteiger partial charge < -0.3 is 10.3 Å². The molecule has 0 bridgehead atoms. The molecular weight excluding hydrogens is 290 g/mol. The number of benzene rings is 2. The molecule has 0 unspecified atom stereocenters. The molecule has 1 aromatic heterocycles. The van der Waals surface area contributed by atoms with Gasteiger partial charge in [0.05, 0.1) is 20.9 Å². The maximum atomic E-state index is 10.7. The molecule has 0 amide bonds. The van der Waals surface area contributed by atoms with Crippen LogP contribution in [0.2, 0.25) is 0 Å². The summed E-state index contributed by atoms with van der Waals surface area (Å²) in [5.74, 6) is 0.393. The molecule has 9 heteroatoms. The lowest BCUT2D eigenvalue weighted by Gasteiger charge is -2.01. The van der Waals surface area contributed by atoms with Crippen molar-refractivity contribution in [1.29, 1.82) is 0 Å². The van der Waals surface area contributed by atoms with Crippen LogP contribution in [-0.2, 0) is 0 Å². The molecule has 0 aliphatic heterocycles. The fourth-order valence-corrected chi connectivity index (χ4v) is 1.97. The molecule has 110 valence electrons. The van der Waals surface area contributed by atoms with Gasteiger partial charge in [-0.1, -0.05) is 0 Å². The quantitative estimate of drug-likeness (QED) is 0.562. The number of aromatic nitrogens is 2. The molecule has 0 spiro atoms. The second kappa shape index (κ2) is 5.13. The van der Waals surface area contributed by atoms with Gasteiger partial charge in [0.1, 0.15) is 0 Å². The summed E-state index contributed by atoms with van der Waals surface area (Å²) in [5.41, 5.74) is 1.68. The van der Waals surface area contributed by atoms with E-state index in [9.17, 15) is 20.2 Å². The van der Waals surface area contributed by atoms with Crippen molar-refractivity contribution in [3.63, 3.8) is 0 Å². The van der Waals surface area contributed by atoms with Gasteiger partial charge in [-0.25, -0.2) is 4.98 Å². The Labute approximate surface area is 122 Å². The van der Waals surface area contributed by atoms with E-state index < -0.39 is 9.85 Å². The van der Waals surface area contributed by atoms with Crippen LogP contribution >= 0.6 is 0 Å². The van der Waals surface area contributed by atoms with E-state index in [-0.39, 0.29) is 11.4 Å². The van der Waals surface area contributed by atoms with Crippen molar-refractivity contribution >= 4 is 34.0 Å². The van der Waals surface area contributed by atoms with Crippen molar-refractivity contribution in [2.75, 3.05) is 5.32 Å². The van der Waals surface area contributed by atoms with Crippen LogP contribution in [0.4, 0.5) is 23.0 Å². The minimum atomic E-state index is -0.482. The van der Waals surface area contributed by atoms with Crippen LogP contribution in [-0.4, -0.2) is 19.8 Å². The third-order valence-electron chi connectivity index (χ3n) is 3.02. The fourth-order valence-electron chi connectivity index (χ4n) is 1.97. The molecule has 2 N–H and O–H groups in total. The van der Waals surface area contributed by atoms with Crippen LogP contribution in [0.15, 0.2) is 42.5 Å². The highest BCUT2D eigenvalue weighted by Crippen LogP contribution is 2.23. The normalized spacial score (nSPS) is 10.5. The van der Waals surface area contributed by atoms with Crippen LogP contribution in [0.3, 0.4) is 0 Å². The zero-order chi connectivity index (χ0) is 15.7. The van der Waals surface area contributed by atoms with E-state index in [1.54, 1.807) is 18.2 Å². The predicted octanol–water partition coefficient (Wildman–Crippen LogP) is 3.12.